The number of hydrogen-bond donors (Lipinski definition) is 1. The van der Waals surface area contributed by atoms with Crippen LogP contribution in [0.4, 0.5) is 0 Å². The van der Waals surface area contributed by atoms with Gasteiger partial charge in [-0.05, 0) is 18.2 Å². The SMILES string of the molecule is COc1cc(OC)c(OC)cc1CNC(=O)c1cccnc1. The van der Waals surface area contributed by atoms with Crippen molar-refractivity contribution in [3.8, 4) is 17.2 Å². The lowest BCUT2D eigenvalue weighted by Crippen LogP contribution is -2.23. The molecule has 0 atom stereocenters. The molecule has 2 rings (SSSR count). The van der Waals surface area contributed by atoms with Crippen LogP contribution in [-0.2, 0) is 6.54 Å². The number of carbonyl (C=O) groups excluding carboxylic acids is 1. The molecule has 6 nitrogen and oxygen atoms in total. The van der Waals surface area contributed by atoms with Crippen molar-refractivity contribution in [2.75, 3.05) is 21.3 Å². The predicted molar refractivity (Wildman–Crippen MR) is 81.5 cm³/mol. The number of aromatic nitrogens is 1. The van der Waals surface area contributed by atoms with Crippen LogP contribution in [0, 0.1) is 0 Å². The maximum atomic E-state index is 12.0. The van der Waals surface area contributed by atoms with E-state index in [0.717, 1.165) is 5.56 Å². The normalized spacial score (nSPS) is 9.95. The number of carbonyl (C=O) groups is 1. The Hall–Kier alpha value is -2.76. The summed E-state index contributed by atoms with van der Waals surface area (Å²) >= 11 is 0. The Bertz CT molecular complexity index is 644. The van der Waals surface area contributed by atoms with Gasteiger partial charge in [0, 0.05) is 30.6 Å². The maximum absolute atomic E-state index is 12.0. The molecule has 1 aromatic carbocycles. The molecule has 116 valence electrons. The maximum Gasteiger partial charge on any atom is 0.253 e. The van der Waals surface area contributed by atoms with Crippen molar-refractivity contribution in [2.24, 2.45) is 0 Å². The number of nitrogens with one attached hydrogen (secondary N) is 1. The molecule has 0 fully saturated rings. The van der Waals surface area contributed by atoms with Crippen LogP contribution in [0.15, 0.2) is 36.7 Å². The molecule has 0 radical (unpaired) electrons. The lowest BCUT2D eigenvalue weighted by molar-refractivity contribution is 0.0950. The zero-order chi connectivity index (χ0) is 15.9. The van der Waals surface area contributed by atoms with E-state index in [9.17, 15) is 4.79 Å². The zero-order valence-corrected chi connectivity index (χ0v) is 12.8. The van der Waals surface area contributed by atoms with Gasteiger partial charge in [-0.15, -0.1) is 0 Å². The summed E-state index contributed by atoms with van der Waals surface area (Å²) in [6.45, 7) is 0.303. The topological polar surface area (TPSA) is 69.7 Å². The summed E-state index contributed by atoms with van der Waals surface area (Å²) < 4.78 is 15.8. The summed E-state index contributed by atoms with van der Waals surface area (Å²) in [4.78, 5) is 16.0. The summed E-state index contributed by atoms with van der Waals surface area (Å²) in [7, 11) is 4.68. The van der Waals surface area contributed by atoms with Gasteiger partial charge in [-0.1, -0.05) is 0 Å². The van der Waals surface area contributed by atoms with Crippen molar-refractivity contribution in [3.05, 3.63) is 47.8 Å². The third-order valence-electron chi connectivity index (χ3n) is 3.15. The Morgan fingerprint density at radius 3 is 2.36 bits per heavy atom. The van der Waals surface area contributed by atoms with Gasteiger partial charge in [0.05, 0.1) is 26.9 Å². The summed E-state index contributed by atoms with van der Waals surface area (Å²) in [5.74, 6) is 1.56. The zero-order valence-electron chi connectivity index (χ0n) is 12.8. The number of hydrogen-bond acceptors (Lipinski definition) is 5. The van der Waals surface area contributed by atoms with E-state index in [1.165, 1.54) is 6.20 Å². The average Bonchev–Trinajstić information content (AvgIpc) is 2.59. The van der Waals surface area contributed by atoms with Crippen molar-refractivity contribution < 1.29 is 19.0 Å². The van der Waals surface area contributed by atoms with E-state index in [4.69, 9.17) is 14.2 Å². The molecule has 0 aliphatic heterocycles. The van der Waals surface area contributed by atoms with Crippen LogP contribution in [0.2, 0.25) is 0 Å². The Kier molecular flexibility index (Phi) is 5.19. The molecule has 0 unspecified atom stereocenters. The van der Waals surface area contributed by atoms with E-state index in [-0.39, 0.29) is 5.91 Å². The first kappa shape index (κ1) is 15.6. The van der Waals surface area contributed by atoms with Gasteiger partial charge < -0.3 is 19.5 Å². The molecule has 1 N–H and O–H groups in total. The molecule has 0 saturated heterocycles. The van der Waals surface area contributed by atoms with Crippen molar-refractivity contribution in [1.29, 1.82) is 0 Å². The van der Waals surface area contributed by atoms with E-state index in [2.05, 4.69) is 10.3 Å². The van der Waals surface area contributed by atoms with Crippen LogP contribution < -0.4 is 19.5 Å². The van der Waals surface area contributed by atoms with Crippen LogP contribution in [0.25, 0.3) is 0 Å². The number of rotatable bonds is 6. The summed E-state index contributed by atoms with van der Waals surface area (Å²) in [5, 5.41) is 2.82. The summed E-state index contributed by atoms with van der Waals surface area (Å²) in [6.07, 6.45) is 3.13. The second-order valence-electron chi connectivity index (χ2n) is 4.44. The first-order chi connectivity index (χ1) is 10.7. The molecule has 0 spiro atoms. The van der Waals surface area contributed by atoms with Crippen LogP contribution in [0.3, 0.4) is 0 Å². The van der Waals surface area contributed by atoms with Gasteiger partial charge in [0.15, 0.2) is 11.5 Å². The predicted octanol–water partition coefficient (Wildman–Crippen LogP) is 2.04. The van der Waals surface area contributed by atoms with E-state index in [0.29, 0.717) is 29.4 Å². The number of ether oxygens (including phenoxy) is 3. The number of nitrogens with zero attached hydrogens (tertiary/aromatic N) is 1. The Morgan fingerprint density at radius 1 is 1.09 bits per heavy atom. The molecule has 22 heavy (non-hydrogen) atoms. The third-order valence-corrected chi connectivity index (χ3v) is 3.15. The van der Waals surface area contributed by atoms with Crippen molar-refractivity contribution >= 4 is 5.91 Å². The molecule has 0 saturated carbocycles. The summed E-state index contributed by atoms with van der Waals surface area (Å²) in [6, 6.07) is 6.92. The molecular formula is C16H18N2O4. The van der Waals surface area contributed by atoms with Crippen molar-refractivity contribution in [2.45, 2.75) is 6.54 Å². The Labute approximate surface area is 129 Å². The van der Waals surface area contributed by atoms with Crippen molar-refractivity contribution in [3.63, 3.8) is 0 Å². The highest BCUT2D eigenvalue weighted by Gasteiger charge is 2.13. The standard InChI is InChI=1S/C16H18N2O4/c1-20-13-8-15(22-3)14(21-2)7-12(13)10-18-16(19)11-5-4-6-17-9-11/h4-9H,10H2,1-3H3,(H,18,19). The highest BCUT2D eigenvalue weighted by atomic mass is 16.5. The highest BCUT2D eigenvalue weighted by Crippen LogP contribution is 2.34. The van der Waals surface area contributed by atoms with E-state index in [1.807, 2.05) is 0 Å². The minimum Gasteiger partial charge on any atom is -0.496 e. The van der Waals surface area contributed by atoms with Gasteiger partial charge in [0.1, 0.15) is 5.75 Å². The lowest BCUT2D eigenvalue weighted by atomic mass is 10.1. The van der Waals surface area contributed by atoms with Crippen LogP contribution in [0.5, 0.6) is 17.2 Å². The molecule has 2 aromatic rings. The number of benzene rings is 1. The third kappa shape index (κ3) is 3.46. The van der Waals surface area contributed by atoms with Crippen LogP contribution >= 0.6 is 0 Å². The molecule has 6 heteroatoms. The van der Waals surface area contributed by atoms with E-state index in [1.54, 1.807) is 51.8 Å². The van der Waals surface area contributed by atoms with Gasteiger partial charge in [-0.3, -0.25) is 9.78 Å². The minimum absolute atomic E-state index is 0.204. The molecular weight excluding hydrogens is 284 g/mol. The first-order valence-corrected chi connectivity index (χ1v) is 6.66. The van der Waals surface area contributed by atoms with Gasteiger partial charge in [0.25, 0.3) is 5.91 Å². The van der Waals surface area contributed by atoms with Gasteiger partial charge in [-0.25, -0.2) is 0 Å². The smallest absolute Gasteiger partial charge is 0.253 e. The second kappa shape index (κ2) is 7.31. The molecule has 1 aromatic heterocycles. The molecule has 1 heterocycles. The summed E-state index contributed by atoms with van der Waals surface area (Å²) in [5.41, 5.74) is 1.29. The number of pyridine rings is 1. The largest absolute Gasteiger partial charge is 0.496 e. The Balaban J connectivity index is 2.17. The number of methoxy groups -OCH3 is 3. The quantitative estimate of drug-likeness (QED) is 0.884. The molecule has 0 bridgehead atoms. The molecule has 1 amide bonds. The van der Waals surface area contributed by atoms with Gasteiger partial charge >= 0.3 is 0 Å². The van der Waals surface area contributed by atoms with E-state index >= 15 is 0 Å². The second-order valence-corrected chi connectivity index (χ2v) is 4.44. The first-order valence-electron chi connectivity index (χ1n) is 6.66. The van der Waals surface area contributed by atoms with Gasteiger partial charge in [-0.2, -0.15) is 0 Å². The fourth-order valence-electron chi connectivity index (χ4n) is 2.01. The highest BCUT2D eigenvalue weighted by molar-refractivity contribution is 5.93. The minimum atomic E-state index is -0.204. The van der Waals surface area contributed by atoms with E-state index < -0.39 is 0 Å². The molecule has 0 aliphatic carbocycles. The van der Waals surface area contributed by atoms with Crippen LogP contribution in [-0.4, -0.2) is 32.2 Å². The fraction of sp³-hybridized carbons (Fsp3) is 0.250. The average molecular weight is 302 g/mol. The number of amides is 1. The van der Waals surface area contributed by atoms with Gasteiger partial charge in [0.2, 0.25) is 0 Å². The molecule has 0 aliphatic rings. The fourth-order valence-corrected chi connectivity index (χ4v) is 2.01. The lowest BCUT2D eigenvalue weighted by Gasteiger charge is -2.14. The monoisotopic (exact) mass is 302 g/mol. The Morgan fingerprint density at radius 2 is 1.77 bits per heavy atom. The van der Waals surface area contributed by atoms with Crippen molar-refractivity contribution in [1.82, 2.24) is 10.3 Å². The van der Waals surface area contributed by atoms with Crippen LogP contribution in [0.1, 0.15) is 15.9 Å².